The number of benzene rings is 1. The molecule has 5 rings (SSSR count). The molecular formula is C21H25NO5S. The van der Waals surface area contributed by atoms with E-state index < -0.39 is 44.1 Å². The quantitative estimate of drug-likeness (QED) is 0.742. The van der Waals surface area contributed by atoms with Crippen LogP contribution >= 0.6 is 0 Å². The first-order valence-corrected chi connectivity index (χ1v) is 11.0. The van der Waals surface area contributed by atoms with Crippen LogP contribution in [0.15, 0.2) is 53.5 Å². The van der Waals surface area contributed by atoms with Gasteiger partial charge in [0.1, 0.15) is 0 Å². The summed E-state index contributed by atoms with van der Waals surface area (Å²) in [6.07, 6.45) is 7.08. The van der Waals surface area contributed by atoms with Gasteiger partial charge in [-0.15, -0.1) is 0 Å². The fraction of sp³-hybridized carbons (Fsp3) is 0.524. The second-order valence-corrected chi connectivity index (χ2v) is 10.6. The summed E-state index contributed by atoms with van der Waals surface area (Å²) < 4.78 is 35.3. The fourth-order valence-corrected chi connectivity index (χ4v) is 8.54. The average Bonchev–Trinajstić information content (AvgIpc) is 3.33. The van der Waals surface area contributed by atoms with Crippen molar-refractivity contribution in [2.75, 3.05) is 13.2 Å². The first-order chi connectivity index (χ1) is 13.1. The molecule has 0 unspecified atom stereocenters. The molecule has 0 radical (unpaired) electrons. The highest BCUT2D eigenvalue weighted by atomic mass is 32.2. The molecule has 4 bridgehead atoms. The van der Waals surface area contributed by atoms with E-state index in [1.807, 2.05) is 45.1 Å². The first-order valence-electron chi connectivity index (χ1n) is 9.54. The third-order valence-corrected chi connectivity index (χ3v) is 9.92. The van der Waals surface area contributed by atoms with Crippen LogP contribution in [0.3, 0.4) is 0 Å². The molecular weight excluding hydrogens is 378 g/mol. The highest BCUT2D eigenvalue weighted by Gasteiger charge is 2.87. The van der Waals surface area contributed by atoms with Gasteiger partial charge in [-0.25, -0.2) is 8.42 Å². The van der Waals surface area contributed by atoms with Crippen LogP contribution in [0, 0.1) is 17.8 Å². The normalized spacial score (nSPS) is 45.9. The second-order valence-electron chi connectivity index (χ2n) is 8.83. The van der Waals surface area contributed by atoms with E-state index in [1.165, 1.54) is 4.31 Å². The zero-order valence-electron chi connectivity index (χ0n) is 16.2. The van der Waals surface area contributed by atoms with E-state index >= 15 is 0 Å². The van der Waals surface area contributed by atoms with E-state index in [2.05, 4.69) is 0 Å². The molecule has 4 heterocycles. The van der Waals surface area contributed by atoms with E-state index in [0.717, 1.165) is 5.56 Å². The molecule has 2 saturated heterocycles. The molecule has 6 nitrogen and oxygen atoms in total. The molecule has 4 aliphatic rings. The minimum atomic E-state index is -3.87. The van der Waals surface area contributed by atoms with Crippen molar-refractivity contribution in [3.8, 4) is 0 Å². The number of sulfonamides is 1. The topological polar surface area (TPSA) is 87.1 Å². The third-order valence-electron chi connectivity index (χ3n) is 7.93. The number of aliphatic hydroxyl groups is 2. The zero-order chi connectivity index (χ0) is 20.2. The van der Waals surface area contributed by atoms with Gasteiger partial charge in [0.25, 0.3) is 0 Å². The maximum atomic E-state index is 13.8. The Morgan fingerprint density at radius 3 is 2.25 bits per heavy atom. The molecule has 0 amide bonds. The number of nitrogens with zero attached hydrogens (tertiary/aromatic N) is 1. The summed E-state index contributed by atoms with van der Waals surface area (Å²) in [5.74, 6) is 0. The summed E-state index contributed by atoms with van der Waals surface area (Å²) in [6, 6.07) is 6.18. The number of hydrogen-bond acceptors (Lipinski definition) is 5. The molecule has 4 aliphatic heterocycles. The Bertz CT molecular complexity index is 1010. The van der Waals surface area contributed by atoms with Crippen LogP contribution in [0.5, 0.6) is 0 Å². The van der Waals surface area contributed by atoms with Crippen LogP contribution in [0.4, 0.5) is 0 Å². The number of aryl methyl sites for hydroxylation is 1. The maximum absolute atomic E-state index is 13.8. The number of aliphatic hydroxyl groups excluding tert-OH is 2. The fourth-order valence-electron chi connectivity index (χ4n) is 6.56. The van der Waals surface area contributed by atoms with Gasteiger partial charge in [0.15, 0.2) is 0 Å². The summed E-state index contributed by atoms with van der Waals surface area (Å²) in [5.41, 5.74) is -2.83. The summed E-state index contributed by atoms with van der Waals surface area (Å²) in [7, 11) is -3.87. The standard InChI is InChI=1S/C21H25NO5S/c1-14-4-6-15(7-5-14)28(25,26)22-16-8-10-18(22,2)21(13-24)17-9-11-19(3,27-17)20(16,21)12-23/h4-11,16-17,23-24H,12-13H2,1-3H3/t16-,17-,18+,19+,20+,21+/m1/s1. The van der Waals surface area contributed by atoms with Gasteiger partial charge in [0.2, 0.25) is 10.0 Å². The SMILES string of the molecule is Cc1ccc(S(=O)(=O)N2[C@@H]3C=C[C@@]2(C)[C@]2(CO)[C@H]4C=C[C@](C)(O4)[C@]32CO)cc1. The van der Waals surface area contributed by atoms with Crippen molar-refractivity contribution in [1.82, 2.24) is 4.31 Å². The number of fused-ring (bicyclic) bond motifs is 9. The lowest BCUT2D eigenvalue weighted by Gasteiger charge is -2.53. The van der Waals surface area contributed by atoms with Crippen LogP contribution in [-0.2, 0) is 14.8 Å². The molecule has 150 valence electrons. The van der Waals surface area contributed by atoms with Crippen LogP contribution in [0.2, 0.25) is 0 Å². The maximum Gasteiger partial charge on any atom is 0.244 e. The Morgan fingerprint density at radius 2 is 1.68 bits per heavy atom. The molecule has 0 aliphatic carbocycles. The Labute approximate surface area is 165 Å². The van der Waals surface area contributed by atoms with E-state index in [1.54, 1.807) is 24.3 Å². The number of ether oxygens (including phenoxy) is 1. The highest BCUT2D eigenvalue weighted by molar-refractivity contribution is 7.89. The third kappa shape index (κ3) is 1.58. The van der Waals surface area contributed by atoms with Gasteiger partial charge in [-0.1, -0.05) is 42.0 Å². The second kappa shape index (κ2) is 5.15. The van der Waals surface area contributed by atoms with Crippen LogP contribution in [0.1, 0.15) is 19.4 Å². The Kier molecular flexibility index (Phi) is 3.40. The van der Waals surface area contributed by atoms with Crippen LogP contribution < -0.4 is 0 Å². The lowest BCUT2D eigenvalue weighted by atomic mass is 9.47. The van der Waals surface area contributed by atoms with Gasteiger partial charge in [0.05, 0.1) is 52.2 Å². The van der Waals surface area contributed by atoms with Crippen molar-refractivity contribution in [3.05, 3.63) is 54.1 Å². The molecule has 0 spiro atoms. The minimum absolute atomic E-state index is 0.213. The average molecular weight is 404 g/mol. The molecule has 2 N–H and O–H groups in total. The summed E-state index contributed by atoms with van der Waals surface area (Å²) in [4.78, 5) is 0.213. The van der Waals surface area contributed by atoms with Gasteiger partial charge in [0, 0.05) is 0 Å². The first kappa shape index (κ1) is 18.5. The molecule has 2 fully saturated rings. The van der Waals surface area contributed by atoms with Gasteiger partial charge in [-0.05, 0) is 32.9 Å². The van der Waals surface area contributed by atoms with E-state index in [4.69, 9.17) is 4.74 Å². The van der Waals surface area contributed by atoms with Gasteiger partial charge in [-0.3, -0.25) is 0 Å². The van der Waals surface area contributed by atoms with Crippen molar-refractivity contribution in [2.45, 2.75) is 49.0 Å². The van der Waals surface area contributed by atoms with E-state index in [-0.39, 0.29) is 18.1 Å². The van der Waals surface area contributed by atoms with Crippen molar-refractivity contribution < 1.29 is 23.4 Å². The lowest BCUT2D eigenvalue weighted by molar-refractivity contribution is -0.0672. The molecule has 0 saturated carbocycles. The van der Waals surface area contributed by atoms with Crippen molar-refractivity contribution >= 4 is 10.0 Å². The van der Waals surface area contributed by atoms with Gasteiger partial charge >= 0.3 is 0 Å². The molecule has 7 heteroatoms. The highest BCUT2D eigenvalue weighted by Crippen LogP contribution is 2.76. The molecule has 28 heavy (non-hydrogen) atoms. The smallest absolute Gasteiger partial charge is 0.244 e. The number of rotatable bonds is 4. The van der Waals surface area contributed by atoms with Crippen LogP contribution in [-0.4, -0.2) is 59.4 Å². The largest absolute Gasteiger partial charge is 0.396 e. The summed E-state index contributed by atoms with van der Waals surface area (Å²) in [5, 5.41) is 21.3. The Hall–Kier alpha value is -1.51. The summed E-state index contributed by atoms with van der Waals surface area (Å²) in [6.45, 7) is 5.06. The Balaban J connectivity index is 1.76. The molecule has 1 aromatic carbocycles. The van der Waals surface area contributed by atoms with E-state index in [9.17, 15) is 18.6 Å². The predicted molar refractivity (Wildman–Crippen MR) is 103 cm³/mol. The monoisotopic (exact) mass is 403 g/mol. The van der Waals surface area contributed by atoms with E-state index in [0.29, 0.717) is 0 Å². The number of hydrogen-bond donors (Lipinski definition) is 2. The molecule has 0 aromatic heterocycles. The van der Waals surface area contributed by atoms with Crippen molar-refractivity contribution in [1.29, 1.82) is 0 Å². The lowest BCUT2D eigenvalue weighted by Crippen LogP contribution is -2.64. The molecule has 6 atom stereocenters. The Morgan fingerprint density at radius 1 is 1.04 bits per heavy atom. The van der Waals surface area contributed by atoms with Crippen molar-refractivity contribution in [3.63, 3.8) is 0 Å². The predicted octanol–water partition coefficient (Wildman–Crippen LogP) is 1.38. The van der Waals surface area contributed by atoms with Crippen molar-refractivity contribution in [2.24, 2.45) is 10.8 Å². The molecule has 1 aromatic rings. The van der Waals surface area contributed by atoms with Gasteiger partial charge < -0.3 is 14.9 Å². The minimum Gasteiger partial charge on any atom is -0.396 e. The van der Waals surface area contributed by atoms with Crippen LogP contribution in [0.25, 0.3) is 0 Å². The zero-order valence-corrected chi connectivity index (χ0v) is 17.0. The van der Waals surface area contributed by atoms with Gasteiger partial charge in [-0.2, -0.15) is 4.31 Å². The summed E-state index contributed by atoms with van der Waals surface area (Å²) >= 11 is 0.